The van der Waals surface area contributed by atoms with Gasteiger partial charge < -0.3 is 20.5 Å². The molecule has 174 valence electrons. The first-order valence-electron chi connectivity index (χ1n) is 10.8. The van der Waals surface area contributed by atoms with Crippen LogP contribution in [-0.2, 0) is 20.7 Å². The zero-order valence-electron chi connectivity index (χ0n) is 18.9. The van der Waals surface area contributed by atoms with E-state index in [1.807, 2.05) is 38.1 Å². The van der Waals surface area contributed by atoms with Crippen molar-refractivity contribution in [2.45, 2.75) is 39.7 Å². The van der Waals surface area contributed by atoms with Gasteiger partial charge in [-0.25, -0.2) is 4.98 Å². The van der Waals surface area contributed by atoms with Crippen molar-refractivity contribution >= 4 is 29.3 Å². The van der Waals surface area contributed by atoms with Gasteiger partial charge in [-0.1, -0.05) is 36.8 Å². The number of nitrogens with one attached hydrogen (secondary N) is 2. The Kier molecular flexibility index (Phi) is 7.66. The van der Waals surface area contributed by atoms with Crippen molar-refractivity contribution in [3.63, 3.8) is 0 Å². The van der Waals surface area contributed by atoms with Crippen LogP contribution in [0.15, 0.2) is 42.6 Å². The SMILES string of the molecule is CCOC(=O)CNc1c(CC)nc2cc(C(=O)NC(CC(=O)O)c3ccc(C)cc3)ccn12. The van der Waals surface area contributed by atoms with Crippen molar-refractivity contribution in [1.29, 1.82) is 0 Å². The molecule has 0 saturated heterocycles. The molecule has 0 aliphatic heterocycles. The molecule has 0 spiro atoms. The largest absolute Gasteiger partial charge is 0.481 e. The van der Waals surface area contributed by atoms with Crippen LogP contribution in [-0.4, -0.2) is 45.5 Å². The number of hydrogen-bond acceptors (Lipinski definition) is 6. The van der Waals surface area contributed by atoms with E-state index in [1.54, 1.807) is 29.7 Å². The first kappa shape index (κ1) is 23.8. The fourth-order valence-corrected chi connectivity index (χ4v) is 3.50. The molecule has 1 aromatic carbocycles. The van der Waals surface area contributed by atoms with E-state index in [0.29, 0.717) is 30.1 Å². The molecule has 3 aromatic rings. The maximum Gasteiger partial charge on any atom is 0.325 e. The number of esters is 1. The van der Waals surface area contributed by atoms with Gasteiger partial charge in [0, 0.05) is 11.8 Å². The number of carboxylic acids is 1. The van der Waals surface area contributed by atoms with E-state index < -0.39 is 17.9 Å². The first-order chi connectivity index (χ1) is 15.8. The van der Waals surface area contributed by atoms with E-state index in [1.165, 1.54) is 0 Å². The molecule has 1 unspecified atom stereocenters. The zero-order valence-corrected chi connectivity index (χ0v) is 18.9. The third-order valence-corrected chi connectivity index (χ3v) is 5.16. The quantitative estimate of drug-likeness (QED) is 0.404. The van der Waals surface area contributed by atoms with Crippen molar-refractivity contribution in [3.05, 3.63) is 65.0 Å². The number of aryl methyl sites for hydroxylation is 2. The minimum atomic E-state index is -1.01. The fraction of sp³-hybridized carbons (Fsp3) is 0.333. The molecule has 1 atom stereocenters. The molecular formula is C24H28N4O5. The molecule has 2 heterocycles. The van der Waals surface area contributed by atoms with Crippen LogP contribution in [0.1, 0.15) is 53.5 Å². The van der Waals surface area contributed by atoms with Gasteiger partial charge in [0.15, 0.2) is 0 Å². The Labute approximate surface area is 191 Å². The van der Waals surface area contributed by atoms with Crippen molar-refractivity contribution in [2.24, 2.45) is 0 Å². The molecule has 0 aliphatic rings. The molecule has 9 heteroatoms. The summed E-state index contributed by atoms with van der Waals surface area (Å²) in [4.78, 5) is 40.6. The molecule has 2 aromatic heterocycles. The Morgan fingerprint density at radius 3 is 2.52 bits per heavy atom. The zero-order chi connectivity index (χ0) is 24.0. The summed E-state index contributed by atoms with van der Waals surface area (Å²) in [6.07, 6.45) is 2.09. The summed E-state index contributed by atoms with van der Waals surface area (Å²) in [5.41, 5.74) is 3.41. The van der Waals surface area contributed by atoms with E-state index in [0.717, 1.165) is 16.8 Å². The van der Waals surface area contributed by atoms with Crippen LogP contribution in [0, 0.1) is 6.92 Å². The highest BCUT2D eigenvalue weighted by molar-refractivity contribution is 5.95. The number of amides is 1. The molecule has 33 heavy (non-hydrogen) atoms. The van der Waals surface area contributed by atoms with Gasteiger partial charge in [-0.3, -0.25) is 18.8 Å². The van der Waals surface area contributed by atoms with Gasteiger partial charge in [0.2, 0.25) is 0 Å². The Balaban J connectivity index is 1.83. The van der Waals surface area contributed by atoms with Crippen LogP contribution in [0.25, 0.3) is 5.65 Å². The smallest absolute Gasteiger partial charge is 0.325 e. The lowest BCUT2D eigenvalue weighted by molar-refractivity contribution is -0.141. The number of carbonyl (C=O) groups excluding carboxylic acids is 2. The number of rotatable bonds is 10. The number of imidazole rings is 1. The van der Waals surface area contributed by atoms with Crippen LogP contribution < -0.4 is 10.6 Å². The molecule has 0 bridgehead atoms. The molecule has 3 rings (SSSR count). The number of benzene rings is 1. The maximum atomic E-state index is 13.0. The number of carbonyl (C=O) groups is 3. The Hall–Kier alpha value is -3.88. The number of aromatic nitrogens is 2. The maximum absolute atomic E-state index is 13.0. The standard InChI is InChI=1S/C24H28N4O5/c1-4-18-23(25-14-22(31)33-5-2)28-11-10-17(12-20(28)26-18)24(32)27-19(13-21(29)30)16-8-6-15(3)7-9-16/h6-12,19,25H,4-5,13-14H2,1-3H3,(H,27,32)(H,29,30). The highest BCUT2D eigenvalue weighted by atomic mass is 16.5. The summed E-state index contributed by atoms with van der Waals surface area (Å²) in [7, 11) is 0. The number of ether oxygens (including phenoxy) is 1. The third kappa shape index (κ3) is 5.88. The van der Waals surface area contributed by atoms with E-state index >= 15 is 0 Å². The van der Waals surface area contributed by atoms with E-state index in [4.69, 9.17) is 4.74 Å². The minimum Gasteiger partial charge on any atom is -0.481 e. The fourth-order valence-electron chi connectivity index (χ4n) is 3.50. The van der Waals surface area contributed by atoms with Crippen LogP contribution >= 0.6 is 0 Å². The van der Waals surface area contributed by atoms with Gasteiger partial charge in [0.05, 0.1) is 24.8 Å². The number of pyridine rings is 1. The monoisotopic (exact) mass is 452 g/mol. The molecule has 0 radical (unpaired) electrons. The predicted molar refractivity (Wildman–Crippen MR) is 123 cm³/mol. The van der Waals surface area contributed by atoms with Crippen molar-refractivity contribution in [1.82, 2.24) is 14.7 Å². The molecular weight excluding hydrogens is 424 g/mol. The average Bonchev–Trinajstić information content (AvgIpc) is 3.14. The van der Waals surface area contributed by atoms with Gasteiger partial charge in [0.25, 0.3) is 5.91 Å². The number of nitrogens with zero attached hydrogens (tertiary/aromatic N) is 2. The number of carboxylic acid groups (broad SMARTS) is 1. The highest BCUT2D eigenvalue weighted by Gasteiger charge is 2.20. The number of anilines is 1. The van der Waals surface area contributed by atoms with E-state index in [-0.39, 0.29) is 18.9 Å². The summed E-state index contributed by atoms with van der Waals surface area (Å²) in [5.74, 6) is -1.11. The predicted octanol–water partition coefficient (Wildman–Crippen LogP) is 3.13. The van der Waals surface area contributed by atoms with Gasteiger partial charge in [-0.15, -0.1) is 0 Å². The molecule has 0 saturated carbocycles. The summed E-state index contributed by atoms with van der Waals surface area (Å²) in [5, 5.41) is 15.2. The normalized spacial score (nSPS) is 11.7. The van der Waals surface area contributed by atoms with Gasteiger partial charge in [0.1, 0.15) is 18.0 Å². The lowest BCUT2D eigenvalue weighted by Gasteiger charge is -2.18. The molecule has 1 amide bonds. The van der Waals surface area contributed by atoms with Gasteiger partial charge >= 0.3 is 11.9 Å². The van der Waals surface area contributed by atoms with E-state index in [9.17, 15) is 19.5 Å². The van der Waals surface area contributed by atoms with Crippen LogP contribution in [0.5, 0.6) is 0 Å². The van der Waals surface area contributed by atoms with Crippen LogP contribution in [0.4, 0.5) is 5.82 Å². The second-order valence-electron chi connectivity index (χ2n) is 7.60. The molecule has 9 nitrogen and oxygen atoms in total. The van der Waals surface area contributed by atoms with Crippen molar-refractivity contribution in [3.8, 4) is 0 Å². The van der Waals surface area contributed by atoms with Gasteiger partial charge in [-0.2, -0.15) is 0 Å². The van der Waals surface area contributed by atoms with Gasteiger partial charge in [-0.05, 0) is 38.0 Å². The summed E-state index contributed by atoms with van der Waals surface area (Å²) in [6.45, 7) is 5.94. The summed E-state index contributed by atoms with van der Waals surface area (Å²) < 4.78 is 6.73. The minimum absolute atomic E-state index is 0.00426. The summed E-state index contributed by atoms with van der Waals surface area (Å²) in [6, 6.07) is 9.99. The third-order valence-electron chi connectivity index (χ3n) is 5.16. The Morgan fingerprint density at radius 1 is 1.15 bits per heavy atom. The highest BCUT2D eigenvalue weighted by Crippen LogP contribution is 2.22. The number of fused-ring (bicyclic) bond motifs is 1. The van der Waals surface area contributed by atoms with E-state index in [2.05, 4.69) is 15.6 Å². The molecule has 3 N–H and O–H groups in total. The lowest BCUT2D eigenvalue weighted by Crippen LogP contribution is -2.30. The molecule has 0 aliphatic carbocycles. The summed E-state index contributed by atoms with van der Waals surface area (Å²) >= 11 is 0. The Morgan fingerprint density at radius 2 is 1.88 bits per heavy atom. The topological polar surface area (TPSA) is 122 Å². The lowest BCUT2D eigenvalue weighted by atomic mass is 10.0. The van der Waals surface area contributed by atoms with Crippen molar-refractivity contribution in [2.75, 3.05) is 18.5 Å². The first-order valence-corrected chi connectivity index (χ1v) is 10.8. The second kappa shape index (κ2) is 10.6. The molecule has 0 fully saturated rings. The van der Waals surface area contributed by atoms with Crippen LogP contribution in [0.3, 0.4) is 0 Å². The van der Waals surface area contributed by atoms with Crippen molar-refractivity contribution < 1.29 is 24.2 Å². The van der Waals surface area contributed by atoms with Crippen LogP contribution in [0.2, 0.25) is 0 Å². The average molecular weight is 453 g/mol. The Bertz CT molecular complexity index is 1150. The number of aliphatic carboxylic acids is 1. The second-order valence-corrected chi connectivity index (χ2v) is 7.60. The number of hydrogen-bond donors (Lipinski definition) is 3.